The van der Waals surface area contributed by atoms with Crippen molar-refractivity contribution in [1.29, 1.82) is 0 Å². The van der Waals surface area contributed by atoms with E-state index in [2.05, 4.69) is 40.4 Å². The first-order valence-corrected chi connectivity index (χ1v) is 7.27. The maximum Gasteiger partial charge on any atom is 0.336 e. The fourth-order valence-corrected chi connectivity index (χ4v) is 2.07. The molecule has 0 spiro atoms. The summed E-state index contributed by atoms with van der Waals surface area (Å²) in [5.41, 5.74) is 0.564. The molecule has 0 saturated carbocycles. The maximum absolute atomic E-state index is 11.6. The van der Waals surface area contributed by atoms with Crippen molar-refractivity contribution in [3.8, 4) is 0 Å². The highest BCUT2D eigenvalue weighted by atomic mass is 79.9. The first-order chi connectivity index (χ1) is 9.40. The van der Waals surface area contributed by atoms with Gasteiger partial charge in [-0.1, -0.05) is 13.8 Å². The van der Waals surface area contributed by atoms with Crippen LogP contribution in [0.2, 0.25) is 0 Å². The first kappa shape index (κ1) is 16.5. The summed E-state index contributed by atoms with van der Waals surface area (Å²) < 4.78 is 0.480. The molecule has 110 valence electrons. The summed E-state index contributed by atoms with van der Waals surface area (Å²) in [6.45, 7) is 4.87. The zero-order chi connectivity index (χ0) is 15.1. The SMILES string of the molecule is CC(C)CCCNC(=O)Nc1ccc(Br)c(C(=O)O)c1. The lowest BCUT2D eigenvalue weighted by Crippen LogP contribution is -2.29. The molecule has 20 heavy (non-hydrogen) atoms. The molecule has 0 heterocycles. The van der Waals surface area contributed by atoms with Crippen LogP contribution in [0.25, 0.3) is 0 Å². The van der Waals surface area contributed by atoms with Crippen LogP contribution in [-0.4, -0.2) is 23.7 Å². The molecule has 0 aliphatic heterocycles. The largest absolute Gasteiger partial charge is 0.478 e. The van der Waals surface area contributed by atoms with E-state index in [9.17, 15) is 9.59 Å². The number of carboxylic acid groups (broad SMARTS) is 1. The number of carbonyl (C=O) groups excluding carboxylic acids is 1. The van der Waals surface area contributed by atoms with Crippen LogP contribution < -0.4 is 10.6 Å². The van der Waals surface area contributed by atoms with Crippen LogP contribution >= 0.6 is 15.9 Å². The number of nitrogens with one attached hydrogen (secondary N) is 2. The Morgan fingerprint density at radius 3 is 2.65 bits per heavy atom. The predicted molar refractivity (Wildman–Crippen MR) is 82.2 cm³/mol. The van der Waals surface area contributed by atoms with Gasteiger partial charge in [0, 0.05) is 16.7 Å². The van der Waals surface area contributed by atoms with Crippen molar-refractivity contribution in [2.45, 2.75) is 26.7 Å². The van der Waals surface area contributed by atoms with Gasteiger partial charge in [0.2, 0.25) is 0 Å². The maximum atomic E-state index is 11.6. The minimum absolute atomic E-state index is 0.114. The Balaban J connectivity index is 2.50. The monoisotopic (exact) mass is 342 g/mol. The molecule has 0 radical (unpaired) electrons. The first-order valence-electron chi connectivity index (χ1n) is 6.48. The number of hydrogen-bond acceptors (Lipinski definition) is 2. The minimum atomic E-state index is -1.04. The Hall–Kier alpha value is -1.56. The quantitative estimate of drug-likeness (QED) is 0.689. The standard InChI is InChI=1S/C14H19BrN2O3/c1-9(2)4-3-7-16-14(20)17-10-5-6-12(15)11(8-10)13(18)19/h5-6,8-9H,3-4,7H2,1-2H3,(H,18,19)(H2,16,17,20). The molecule has 0 aliphatic carbocycles. The topological polar surface area (TPSA) is 78.4 Å². The lowest BCUT2D eigenvalue weighted by molar-refractivity contribution is 0.0696. The van der Waals surface area contributed by atoms with E-state index in [1.165, 1.54) is 6.07 Å². The number of urea groups is 1. The second kappa shape index (κ2) is 7.89. The minimum Gasteiger partial charge on any atom is -0.478 e. The lowest BCUT2D eigenvalue weighted by atomic mass is 10.1. The molecule has 0 atom stereocenters. The number of carbonyl (C=O) groups is 2. The highest BCUT2D eigenvalue weighted by molar-refractivity contribution is 9.10. The van der Waals surface area contributed by atoms with E-state index >= 15 is 0 Å². The highest BCUT2D eigenvalue weighted by Gasteiger charge is 2.10. The average molecular weight is 343 g/mol. The summed E-state index contributed by atoms with van der Waals surface area (Å²) in [4.78, 5) is 22.6. The van der Waals surface area contributed by atoms with Crippen LogP contribution in [0, 0.1) is 5.92 Å². The molecule has 0 unspecified atom stereocenters. The molecular formula is C14H19BrN2O3. The summed E-state index contributed by atoms with van der Waals surface area (Å²) in [5, 5.41) is 14.4. The van der Waals surface area contributed by atoms with Crippen molar-refractivity contribution in [2.75, 3.05) is 11.9 Å². The van der Waals surface area contributed by atoms with Gasteiger partial charge in [-0.3, -0.25) is 0 Å². The lowest BCUT2D eigenvalue weighted by Gasteiger charge is -2.09. The average Bonchev–Trinajstić information content (AvgIpc) is 2.36. The van der Waals surface area contributed by atoms with E-state index in [-0.39, 0.29) is 11.6 Å². The molecule has 1 aromatic carbocycles. The Morgan fingerprint density at radius 2 is 2.05 bits per heavy atom. The van der Waals surface area contributed by atoms with E-state index in [4.69, 9.17) is 5.11 Å². The number of amides is 2. The summed E-state index contributed by atoms with van der Waals surface area (Å²) in [7, 11) is 0. The van der Waals surface area contributed by atoms with Crippen LogP contribution in [0.5, 0.6) is 0 Å². The third-order valence-corrected chi connectivity index (χ3v) is 3.39. The van der Waals surface area contributed by atoms with Gasteiger partial charge in [-0.15, -0.1) is 0 Å². The second-order valence-corrected chi connectivity index (χ2v) is 5.77. The van der Waals surface area contributed by atoms with Gasteiger partial charge < -0.3 is 15.7 Å². The van der Waals surface area contributed by atoms with E-state index in [1.54, 1.807) is 12.1 Å². The van der Waals surface area contributed by atoms with Gasteiger partial charge in [0.15, 0.2) is 0 Å². The number of aromatic carboxylic acids is 1. The van der Waals surface area contributed by atoms with E-state index < -0.39 is 5.97 Å². The van der Waals surface area contributed by atoms with Gasteiger partial charge in [0.25, 0.3) is 0 Å². The number of hydrogen-bond donors (Lipinski definition) is 3. The van der Waals surface area contributed by atoms with E-state index in [0.29, 0.717) is 22.6 Å². The number of rotatable bonds is 6. The second-order valence-electron chi connectivity index (χ2n) is 4.92. The Bertz CT molecular complexity index is 489. The molecule has 0 aromatic heterocycles. The van der Waals surface area contributed by atoms with Gasteiger partial charge >= 0.3 is 12.0 Å². The van der Waals surface area contributed by atoms with Crippen molar-refractivity contribution in [1.82, 2.24) is 5.32 Å². The number of anilines is 1. The molecule has 1 aromatic rings. The smallest absolute Gasteiger partial charge is 0.336 e. The van der Waals surface area contributed by atoms with Crippen molar-refractivity contribution in [3.63, 3.8) is 0 Å². The van der Waals surface area contributed by atoms with Crippen LogP contribution in [-0.2, 0) is 0 Å². The third-order valence-electron chi connectivity index (χ3n) is 2.70. The molecule has 1 rings (SSSR count). The number of benzene rings is 1. The molecule has 3 N–H and O–H groups in total. The fraction of sp³-hybridized carbons (Fsp3) is 0.429. The summed E-state index contributed by atoms with van der Waals surface area (Å²) in [5.74, 6) is -0.428. The fourth-order valence-electron chi connectivity index (χ4n) is 1.65. The number of carboxylic acids is 1. The normalized spacial score (nSPS) is 10.4. The molecule has 2 amide bonds. The van der Waals surface area contributed by atoms with E-state index in [1.807, 2.05) is 0 Å². The highest BCUT2D eigenvalue weighted by Crippen LogP contribution is 2.21. The van der Waals surface area contributed by atoms with Gasteiger partial charge in [-0.25, -0.2) is 9.59 Å². The van der Waals surface area contributed by atoms with Crippen LogP contribution in [0.15, 0.2) is 22.7 Å². The Labute approximate surface area is 126 Å². The van der Waals surface area contributed by atoms with Crippen LogP contribution in [0.3, 0.4) is 0 Å². The van der Waals surface area contributed by atoms with Crippen LogP contribution in [0.1, 0.15) is 37.0 Å². The Morgan fingerprint density at radius 1 is 1.35 bits per heavy atom. The summed E-state index contributed by atoms with van der Waals surface area (Å²) >= 11 is 3.15. The molecule has 0 saturated heterocycles. The zero-order valence-corrected chi connectivity index (χ0v) is 13.2. The van der Waals surface area contributed by atoms with E-state index in [0.717, 1.165) is 12.8 Å². The van der Waals surface area contributed by atoms with Crippen LogP contribution in [0.4, 0.5) is 10.5 Å². The van der Waals surface area contributed by atoms with Crippen molar-refractivity contribution < 1.29 is 14.7 Å². The predicted octanol–water partition coefficient (Wildman–Crippen LogP) is 3.71. The van der Waals surface area contributed by atoms with Crippen molar-refractivity contribution in [3.05, 3.63) is 28.2 Å². The van der Waals surface area contributed by atoms with Crippen molar-refractivity contribution in [2.24, 2.45) is 5.92 Å². The van der Waals surface area contributed by atoms with Gasteiger partial charge in [-0.05, 0) is 52.9 Å². The molecule has 6 heteroatoms. The van der Waals surface area contributed by atoms with Gasteiger partial charge in [0.1, 0.15) is 0 Å². The molecule has 0 aliphatic rings. The summed E-state index contributed by atoms with van der Waals surface area (Å²) in [6.07, 6.45) is 1.98. The van der Waals surface area contributed by atoms with Crippen molar-refractivity contribution >= 4 is 33.6 Å². The van der Waals surface area contributed by atoms with Gasteiger partial charge in [-0.2, -0.15) is 0 Å². The van der Waals surface area contributed by atoms with Gasteiger partial charge in [0.05, 0.1) is 5.56 Å². The molecule has 5 nitrogen and oxygen atoms in total. The molecule has 0 bridgehead atoms. The molecular weight excluding hydrogens is 324 g/mol. The zero-order valence-electron chi connectivity index (χ0n) is 11.6. The summed E-state index contributed by atoms with van der Waals surface area (Å²) in [6, 6.07) is 4.33. The number of halogens is 1. The molecule has 0 fully saturated rings. The third kappa shape index (κ3) is 5.61. The Kier molecular flexibility index (Phi) is 6.51.